The Morgan fingerprint density at radius 2 is 2.32 bits per heavy atom. The molecule has 2 N–H and O–H groups in total. The van der Waals surface area contributed by atoms with Crippen molar-refractivity contribution in [2.45, 2.75) is 43.4 Å². The lowest BCUT2D eigenvalue weighted by Gasteiger charge is -2.53. The number of aliphatic hydroxyl groups is 1. The molecular formula is C18H21NO3. The molecule has 4 aliphatic rings. The molecule has 5 atom stereocenters. The summed E-state index contributed by atoms with van der Waals surface area (Å²) >= 11 is 0. The second kappa shape index (κ2) is 4.27. The second-order valence-electron chi connectivity index (χ2n) is 6.85. The predicted octanol–water partition coefficient (Wildman–Crippen LogP) is 1.55. The van der Waals surface area contributed by atoms with Crippen LogP contribution in [0.5, 0.6) is 11.5 Å². The van der Waals surface area contributed by atoms with Crippen molar-refractivity contribution in [2.24, 2.45) is 5.92 Å². The summed E-state index contributed by atoms with van der Waals surface area (Å²) in [6.45, 7) is 3.60. The molecule has 0 radical (unpaired) electrons. The zero-order chi connectivity index (χ0) is 14.9. The SMILES string of the molecule is CCOc1ccc2c3c1O[C@H]1[C@H](O)C=CC4[C@@H](C2)NCC[C@]341. The smallest absolute Gasteiger partial charge is 0.165 e. The van der Waals surface area contributed by atoms with Gasteiger partial charge in [0.2, 0.25) is 0 Å². The highest BCUT2D eigenvalue weighted by atomic mass is 16.5. The standard InChI is InChI=1S/C18H21NO3/c1-2-21-14-6-3-10-9-12-11-4-5-13(20)17-18(11,7-8-19-12)15(10)16(14)22-17/h3-6,11-13,17,19-20H,2,7-9H2,1H3/t11?,12-,13-,17+,18-/m1/s1. The molecule has 1 fully saturated rings. The Morgan fingerprint density at radius 1 is 1.41 bits per heavy atom. The number of benzene rings is 1. The monoisotopic (exact) mass is 299 g/mol. The van der Waals surface area contributed by atoms with Crippen molar-refractivity contribution < 1.29 is 14.6 Å². The number of hydrogen-bond acceptors (Lipinski definition) is 4. The highest BCUT2D eigenvalue weighted by Gasteiger charge is 2.63. The van der Waals surface area contributed by atoms with Gasteiger partial charge in [0, 0.05) is 22.9 Å². The first-order valence-electron chi connectivity index (χ1n) is 8.31. The van der Waals surface area contributed by atoms with E-state index < -0.39 is 6.10 Å². The molecule has 5 rings (SSSR count). The van der Waals surface area contributed by atoms with Crippen molar-refractivity contribution in [2.75, 3.05) is 13.2 Å². The van der Waals surface area contributed by atoms with Gasteiger partial charge in [-0.3, -0.25) is 0 Å². The summed E-state index contributed by atoms with van der Waals surface area (Å²) in [5.74, 6) is 2.12. The molecule has 0 saturated carbocycles. The van der Waals surface area contributed by atoms with Crippen LogP contribution in [0.25, 0.3) is 0 Å². The van der Waals surface area contributed by atoms with Crippen molar-refractivity contribution >= 4 is 0 Å². The molecule has 1 unspecified atom stereocenters. The Morgan fingerprint density at radius 3 is 3.18 bits per heavy atom. The van der Waals surface area contributed by atoms with Gasteiger partial charge in [-0.05, 0) is 37.9 Å². The molecule has 0 amide bonds. The van der Waals surface area contributed by atoms with Gasteiger partial charge < -0.3 is 19.9 Å². The summed E-state index contributed by atoms with van der Waals surface area (Å²) < 4.78 is 12.1. The summed E-state index contributed by atoms with van der Waals surface area (Å²) in [5.41, 5.74) is 2.59. The van der Waals surface area contributed by atoms with Gasteiger partial charge in [-0.15, -0.1) is 0 Å². The molecule has 4 heteroatoms. The van der Waals surface area contributed by atoms with Crippen LogP contribution in [0.3, 0.4) is 0 Å². The van der Waals surface area contributed by atoms with Gasteiger partial charge in [0.05, 0.1) is 6.61 Å². The van der Waals surface area contributed by atoms with E-state index in [1.165, 1.54) is 11.1 Å². The van der Waals surface area contributed by atoms with Gasteiger partial charge in [-0.25, -0.2) is 0 Å². The van der Waals surface area contributed by atoms with Crippen LogP contribution in [0.4, 0.5) is 0 Å². The van der Waals surface area contributed by atoms with Crippen LogP contribution < -0.4 is 14.8 Å². The molecular weight excluding hydrogens is 278 g/mol. The zero-order valence-electron chi connectivity index (χ0n) is 12.7. The van der Waals surface area contributed by atoms with Crippen LogP contribution >= 0.6 is 0 Å². The lowest BCUT2D eigenvalue weighted by Crippen LogP contribution is -2.64. The Hall–Kier alpha value is -1.52. The third kappa shape index (κ3) is 1.36. The Bertz CT molecular complexity index is 671. The molecule has 22 heavy (non-hydrogen) atoms. The van der Waals surface area contributed by atoms with E-state index in [1.54, 1.807) is 0 Å². The third-order valence-corrected chi connectivity index (χ3v) is 5.96. The zero-order valence-corrected chi connectivity index (χ0v) is 12.7. The number of hydrogen-bond donors (Lipinski definition) is 2. The van der Waals surface area contributed by atoms with E-state index in [0.29, 0.717) is 18.6 Å². The molecule has 1 saturated heterocycles. The first-order valence-corrected chi connectivity index (χ1v) is 8.31. The fraction of sp³-hybridized carbons (Fsp3) is 0.556. The van der Waals surface area contributed by atoms with Gasteiger partial charge in [0.1, 0.15) is 12.2 Å². The van der Waals surface area contributed by atoms with E-state index in [9.17, 15) is 5.11 Å². The number of piperidine rings is 1. The molecule has 0 aromatic heterocycles. The third-order valence-electron chi connectivity index (χ3n) is 5.96. The Kier molecular flexibility index (Phi) is 2.52. The van der Waals surface area contributed by atoms with E-state index in [4.69, 9.17) is 9.47 Å². The van der Waals surface area contributed by atoms with Crippen LogP contribution in [0.2, 0.25) is 0 Å². The maximum atomic E-state index is 10.5. The van der Waals surface area contributed by atoms with E-state index >= 15 is 0 Å². The molecule has 4 nitrogen and oxygen atoms in total. The normalized spacial score (nSPS) is 40.1. The summed E-state index contributed by atoms with van der Waals surface area (Å²) in [7, 11) is 0. The lowest BCUT2D eigenvalue weighted by atomic mass is 9.54. The molecule has 2 aliphatic carbocycles. The summed E-state index contributed by atoms with van der Waals surface area (Å²) in [6.07, 6.45) is 5.45. The number of nitrogens with one attached hydrogen (secondary N) is 1. The van der Waals surface area contributed by atoms with E-state index in [2.05, 4.69) is 17.5 Å². The first kappa shape index (κ1) is 13.0. The fourth-order valence-corrected chi connectivity index (χ4v) is 5.24. The van der Waals surface area contributed by atoms with Gasteiger partial charge in [0.15, 0.2) is 11.5 Å². The highest BCUT2D eigenvalue weighted by Crippen LogP contribution is 2.61. The molecule has 1 aromatic carbocycles. The van der Waals surface area contributed by atoms with Crippen molar-refractivity contribution in [3.05, 3.63) is 35.4 Å². The van der Waals surface area contributed by atoms with Crippen LogP contribution in [0.15, 0.2) is 24.3 Å². The van der Waals surface area contributed by atoms with Crippen LogP contribution in [-0.2, 0) is 11.8 Å². The number of aliphatic hydroxyl groups excluding tert-OH is 1. The van der Waals surface area contributed by atoms with Crippen molar-refractivity contribution in [3.8, 4) is 11.5 Å². The van der Waals surface area contributed by atoms with Gasteiger partial charge >= 0.3 is 0 Å². The number of ether oxygens (including phenoxy) is 2. The largest absolute Gasteiger partial charge is 0.490 e. The van der Waals surface area contributed by atoms with Crippen molar-refractivity contribution in [1.82, 2.24) is 5.32 Å². The maximum Gasteiger partial charge on any atom is 0.165 e. The molecule has 2 aliphatic heterocycles. The van der Waals surface area contributed by atoms with Crippen LogP contribution in [0.1, 0.15) is 24.5 Å². The van der Waals surface area contributed by atoms with Crippen molar-refractivity contribution in [3.63, 3.8) is 0 Å². The summed E-state index contributed by atoms with van der Waals surface area (Å²) in [5, 5.41) is 14.2. The van der Waals surface area contributed by atoms with Crippen LogP contribution in [-0.4, -0.2) is 36.5 Å². The van der Waals surface area contributed by atoms with Gasteiger partial charge in [-0.1, -0.05) is 18.2 Å². The molecule has 2 heterocycles. The minimum Gasteiger partial charge on any atom is -0.490 e. The topological polar surface area (TPSA) is 50.7 Å². The average Bonchev–Trinajstić information content (AvgIpc) is 2.85. The van der Waals surface area contributed by atoms with Gasteiger partial charge in [-0.2, -0.15) is 0 Å². The number of rotatable bonds is 2. The minimum absolute atomic E-state index is 0.0832. The maximum absolute atomic E-state index is 10.5. The molecule has 1 spiro atoms. The quantitative estimate of drug-likeness (QED) is 0.814. The first-order chi connectivity index (χ1) is 10.8. The van der Waals surface area contributed by atoms with E-state index in [-0.39, 0.29) is 11.5 Å². The second-order valence-corrected chi connectivity index (χ2v) is 6.85. The molecule has 2 bridgehead atoms. The fourth-order valence-electron chi connectivity index (χ4n) is 5.24. The van der Waals surface area contributed by atoms with E-state index in [0.717, 1.165) is 30.9 Å². The summed E-state index contributed by atoms with van der Waals surface area (Å²) in [4.78, 5) is 0. The van der Waals surface area contributed by atoms with Crippen LogP contribution in [0, 0.1) is 5.92 Å². The van der Waals surface area contributed by atoms with Crippen molar-refractivity contribution in [1.29, 1.82) is 0 Å². The Labute approximate surface area is 130 Å². The summed E-state index contributed by atoms with van der Waals surface area (Å²) in [6, 6.07) is 4.67. The lowest BCUT2D eigenvalue weighted by molar-refractivity contribution is -0.0178. The predicted molar refractivity (Wildman–Crippen MR) is 82.5 cm³/mol. The minimum atomic E-state index is -0.539. The Balaban J connectivity index is 1.79. The highest BCUT2D eigenvalue weighted by molar-refractivity contribution is 5.62. The van der Waals surface area contributed by atoms with E-state index in [1.807, 2.05) is 19.1 Å². The molecule has 116 valence electrons. The van der Waals surface area contributed by atoms with Gasteiger partial charge in [0.25, 0.3) is 0 Å². The average molecular weight is 299 g/mol. The molecule has 1 aromatic rings.